The van der Waals surface area contributed by atoms with Gasteiger partial charge in [0.15, 0.2) is 13.9 Å². The van der Waals surface area contributed by atoms with E-state index in [0.29, 0.717) is 19.4 Å². The molecule has 3 amide bonds. The Morgan fingerprint density at radius 3 is 2.33 bits per heavy atom. The van der Waals surface area contributed by atoms with E-state index in [0.717, 1.165) is 39.3 Å². The van der Waals surface area contributed by atoms with E-state index in [-0.39, 0.29) is 43.8 Å². The molecule has 0 radical (unpaired) electrons. The topological polar surface area (TPSA) is 111 Å². The van der Waals surface area contributed by atoms with Crippen molar-refractivity contribution in [2.45, 2.75) is 69.6 Å². The zero-order chi connectivity index (χ0) is 35.9. The Labute approximate surface area is 300 Å². The summed E-state index contributed by atoms with van der Waals surface area (Å²) in [6.07, 6.45) is 0.402. The maximum atomic E-state index is 14.9. The summed E-state index contributed by atoms with van der Waals surface area (Å²) in [5.41, 5.74) is 4.20. The minimum Gasteiger partial charge on any atom is -0.432 e. The highest BCUT2D eigenvalue weighted by molar-refractivity contribution is 6.71. The van der Waals surface area contributed by atoms with Gasteiger partial charge in [0.25, 0.3) is 5.91 Å². The molecule has 264 valence electrons. The van der Waals surface area contributed by atoms with Crippen molar-refractivity contribution in [3.05, 3.63) is 125 Å². The predicted octanol–water partition coefficient (Wildman–Crippen LogP) is 6.05. The minimum absolute atomic E-state index is 0.0244. The Hall–Kier alpha value is -4.61. The minimum atomic E-state index is -3.00. The summed E-state index contributed by atoms with van der Waals surface area (Å²) in [4.78, 5) is 58.9. The summed E-state index contributed by atoms with van der Waals surface area (Å²) in [6, 6.07) is 33.0. The number of aliphatic hydroxyl groups is 1. The summed E-state index contributed by atoms with van der Waals surface area (Å²) in [5, 5.41) is 9.83. The fourth-order valence-corrected chi connectivity index (χ4v) is 11.1. The first-order valence-corrected chi connectivity index (χ1v) is 20.8. The van der Waals surface area contributed by atoms with Gasteiger partial charge in [-0.05, 0) is 60.5 Å². The van der Waals surface area contributed by atoms with Gasteiger partial charge in [-0.15, -0.1) is 0 Å². The molecule has 51 heavy (non-hydrogen) atoms. The van der Waals surface area contributed by atoms with Crippen LogP contribution in [0.4, 0.5) is 17.1 Å². The number of para-hydroxylation sites is 2. The lowest BCUT2D eigenvalue weighted by molar-refractivity contribution is -0.150. The largest absolute Gasteiger partial charge is 0.432 e. The molecule has 4 aromatic carbocycles. The zero-order valence-electron chi connectivity index (χ0n) is 29.4. The number of carbonyl (C=O) groups is 3. The summed E-state index contributed by atoms with van der Waals surface area (Å²) in [7, 11) is -3.00. The second-order valence-corrected chi connectivity index (χ2v) is 18.5. The lowest BCUT2D eigenvalue weighted by atomic mass is 9.82. The van der Waals surface area contributed by atoms with E-state index < -0.39 is 31.5 Å². The van der Waals surface area contributed by atoms with Gasteiger partial charge in [-0.2, -0.15) is 0 Å². The van der Waals surface area contributed by atoms with Gasteiger partial charge in [-0.3, -0.25) is 19.3 Å². The third kappa shape index (κ3) is 6.31. The number of amides is 3. The lowest BCUT2D eigenvalue weighted by Gasteiger charge is -2.32. The molecule has 4 aromatic rings. The molecule has 3 aliphatic rings. The molecule has 3 heterocycles. The Morgan fingerprint density at radius 1 is 0.902 bits per heavy atom. The smallest absolute Gasteiger partial charge is 0.264 e. The molecule has 3 aliphatic heterocycles. The van der Waals surface area contributed by atoms with Gasteiger partial charge in [-0.25, -0.2) is 0 Å². The van der Waals surface area contributed by atoms with Gasteiger partial charge in [0.05, 0.1) is 37.1 Å². The predicted molar refractivity (Wildman–Crippen MR) is 199 cm³/mol. The molecular formula is C41H45N3O6Si. The number of fused-ring (bicyclic) bond motifs is 3. The van der Waals surface area contributed by atoms with Crippen LogP contribution in [0.1, 0.15) is 42.0 Å². The first-order chi connectivity index (χ1) is 24.5. The van der Waals surface area contributed by atoms with E-state index in [2.05, 4.69) is 6.07 Å². The highest BCUT2D eigenvalue weighted by Crippen LogP contribution is 2.59. The van der Waals surface area contributed by atoms with Crippen molar-refractivity contribution < 1.29 is 29.0 Å². The van der Waals surface area contributed by atoms with Crippen LogP contribution in [0.25, 0.3) is 0 Å². The number of carbonyl (C=O) groups excluding carboxylic acids is 3. The summed E-state index contributed by atoms with van der Waals surface area (Å²) < 4.78 is 6.91. The summed E-state index contributed by atoms with van der Waals surface area (Å²) in [6.45, 7) is 6.22. The van der Waals surface area contributed by atoms with E-state index in [9.17, 15) is 24.3 Å². The standard InChI is InChI=1S/C41H45N3O6Si/c1-28-39(51(2,3)49)36(25-38(47)42(22-23-45)26-29-12-5-4-6-13-29)50-41(28)33-17-8-10-19-35(33)43(40(41)48)27-30-14-11-16-32(24-30)44-34-18-9-7-15-31(34)20-21-37(44)46/h4-19,24,28,36,39,45,49H,20-23,25-27H2,1-3H3/t28-,36+,39-,41+/m1/s1. The maximum absolute atomic E-state index is 14.9. The Morgan fingerprint density at radius 2 is 1.59 bits per heavy atom. The molecule has 10 heteroatoms. The van der Waals surface area contributed by atoms with Gasteiger partial charge in [0.2, 0.25) is 11.8 Å². The molecule has 7 rings (SSSR count). The van der Waals surface area contributed by atoms with Crippen molar-refractivity contribution in [3.8, 4) is 0 Å². The molecule has 2 N–H and O–H groups in total. The number of hydrogen-bond donors (Lipinski definition) is 2. The molecule has 9 nitrogen and oxygen atoms in total. The fraction of sp³-hybridized carbons (Fsp3) is 0.341. The van der Waals surface area contributed by atoms with Gasteiger partial charge < -0.3 is 24.4 Å². The number of aliphatic hydroxyl groups excluding tert-OH is 1. The Bertz CT molecular complexity index is 1950. The third-order valence-corrected chi connectivity index (χ3v) is 13.3. The van der Waals surface area contributed by atoms with E-state index >= 15 is 0 Å². The van der Waals surface area contributed by atoms with Crippen molar-refractivity contribution in [3.63, 3.8) is 0 Å². The molecule has 4 atom stereocenters. The first kappa shape index (κ1) is 34.8. The van der Waals surface area contributed by atoms with E-state index in [1.165, 1.54) is 0 Å². The zero-order valence-corrected chi connectivity index (χ0v) is 30.4. The summed E-state index contributed by atoms with van der Waals surface area (Å²) in [5.74, 6) is -0.818. The van der Waals surface area contributed by atoms with Gasteiger partial charge >= 0.3 is 0 Å². The average Bonchev–Trinajstić information content (AvgIpc) is 3.54. The quantitative estimate of drug-likeness (QED) is 0.195. The molecule has 0 saturated carbocycles. The van der Waals surface area contributed by atoms with Crippen LogP contribution in [-0.2, 0) is 44.2 Å². The second-order valence-electron chi connectivity index (χ2n) is 14.5. The Kier molecular flexibility index (Phi) is 9.45. The van der Waals surface area contributed by atoms with Crippen LogP contribution < -0.4 is 9.80 Å². The van der Waals surface area contributed by atoms with Crippen LogP contribution in [0.3, 0.4) is 0 Å². The van der Waals surface area contributed by atoms with Crippen LogP contribution in [0.2, 0.25) is 18.6 Å². The number of ether oxygens (including phenoxy) is 1. The first-order valence-electron chi connectivity index (χ1n) is 17.8. The van der Waals surface area contributed by atoms with Crippen molar-refractivity contribution in [2.24, 2.45) is 5.92 Å². The van der Waals surface area contributed by atoms with Crippen LogP contribution >= 0.6 is 0 Å². The second kappa shape index (κ2) is 13.8. The fourth-order valence-electron chi connectivity index (χ4n) is 8.59. The normalized spacial score (nSPS) is 22.7. The number of hydrogen-bond acceptors (Lipinski definition) is 6. The maximum Gasteiger partial charge on any atom is 0.264 e. The van der Waals surface area contributed by atoms with Gasteiger partial charge in [0, 0.05) is 42.2 Å². The molecule has 0 unspecified atom stereocenters. The van der Waals surface area contributed by atoms with Gasteiger partial charge in [-0.1, -0.05) is 85.8 Å². The highest BCUT2D eigenvalue weighted by atomic mass is 28.4. The number of nitrogens with zero attached hydrogens (tertiary/aromatic N) is 3. The third-order valence-electron chi connectivity index (χ3n) is 10.8. The highest BCUT2D eigenvalue weighted by Gasteiger charge is 2.66. The molecule has 1 spiro atoms. The number of benzene rings is 4. The molecule has 0 aliphatic carbocycles. The molecule has 0 bridgehead atoms. The van der Waals surface area contributed by atoms with E-state index in [4.69, 9.17) is 4.74 Å². The SMILES string of the molecule is C[C@@H]1[C@@H]([Si](C)(C)O)[C@H](CC(=O)N(CCO)Cc2ccccc2)O[C@@]12C(=O)N(Cc1cccc(N3C(=O)CCc4ccccc43)c1)c1ccccc12. The number of aryl methyl sites for hydroxylation is 1. The molecule has 1 fully saturated rings. The van der Waals surface area contributed by atoms with Crippen molar-refractivity contribution in [1.29, 1.82) is 0 Å². The monoisotopic (exact) mass is 703 g/mol. The van der Waals surface area contributed by atoms with Crippen molar-refractivity contribution >= 4 is 43.1 Å². The van der Waals surface area contributed by atoms with Crippen LogP contribution in [0, 0.1) is 5.92 Å². The van der Waals surface area contributed by atoms with Crippen LogP contribution in [0.5, 0.6) is 0 Å². The van der Waals surface area contributed by atoms with E-state index in [1.807, 2.05) is 117 Å². The van der Waals surface area contributed by atoms with Crippen molar-refractivity contribution in [1.82, 2.24) is 4.90 Å². The Balaban J connectivity index is 1.19. The molecule has 0 aromatic heterocycles. The molecular weight excluding hydrogens is 659 g/mol. The van der Waals surface area contributed by atoms with Crippen molar-refractivity contribution in [2.75, 3.05) is 23.0 Å². The van der Waals surface area contributed by atoms with Crippen LogP contribution in [-0.4, -0.2) is 60.1 Å². The lowest BCUT2D eigenvalue weighted by Crippen LogP contribution is -2.46. The number of anilines is 3. The average molecular weight is 704 g/mol. The van der Waals surface area contributed by atoms with Gasteiger partial charge in [0.1, 0.15) is 0 Å². The molecule has 1 saturated heterocycles. The van der Waals surface area contributed by atoms with Crippen LogP contribution in [0.15, 0.2) is 103 Å². The van der Waals surface area contributed by atoms with E-state index in [1.54, 1.807) is 14.7 Å². The summed E-state index contributed by atoms with van der Waals surface area (Å²) >= 11 is 0. The number of rotatable bonds is 10.